The summed E-state index contributed by atoms with van der Waals surface area (Å²) in [5, 5.41) is 10.6. The molecular formula is C8H9F3N6O. The molecule has 0 aromatic carbocycles. The van der Waals surface area contributed by atoms with Crippen molar-refractivity contribution in [2.24, 2.45) is 5.73 Å². The minimum absolute atomic E-state index is 0.0995. The number of alkyl halides is 3. The van der Waals surface area contributed by atoms with Crippen LogP contribution in [0.1, 0.15) is 5.82 Å². The van der Waals surface area contributed by atoms with Gasteiger partial charge in [-0.1, -0.05) is 10.4 Å². The standard InChI is InChI=1S/C8H9F3N6O/c9-8(10,11)3-6-13-7(18-15-6)5-4-17(2-1-12)16-14-5/h4H,1-3,12H2. The molecule has 0 aliphatic heterocycles. The molecule has 0 saturated heterocycles. The Kier molecular flexibility index (Phi) is 3.28. The first-order valence-electron chi connectivity index (χ1n) is 4.98. The summed E-state index contributed by atoms with van der Waals surface area (Å²) in [6.07, 6.45) is -4.15. The van der Waals surface area contributed by atoms with Crippen molar-refractivity contribution >= 4 is 0 Å². The van der Waals surface area contributed by atoms with E-state index in [0.717, 1.165) is 0 Å². The molecule has 0 aliphatic rings. The highest BCUT2D eigenvalue weighted by Gasteiger charge is 2.30. The Morgan fingerprint density at radius 1 is 1.39 bits per heavy atom. The normalized spacial score (nSPS) is 12.0. The third-order valence-electron chi connectivity index (χ3n) is 1.94. The Balaban J connectivity index is 2.13. The lowest BCUT2D eigenvalue weighted by Gasteiger charge is -1.99. The van der Waals surface area contributed by atoms with Crippen LogP contribution < -0.4 is 5.73 Å². The quantitative estimate of drug-likeness (QED) is 0.856. The maximum atomic E-state index is 12.1. The van der Waals surface area contributed by atoms with Crippen molar-refractivity contribution in [3.63, 3.8) is 0 Å². The van der Waals surface area contributed by atoms with Crippen molar-refractivity contribution in [2.75, 3.05) is 6.54 Å². The first-order chi connectivity index (χ1) is 8.48. The number of nitrogens with zero attached hydrogens (tertiary/aromatic N) is 5. The van der Waals surface area contributed by atoms with Crippen LogP contribution in [-0.4, -0.2) is 37.9 Å². The fraction of sp³-hybridized carbons (Fsp3) is 0.500. The van der Waals surface area contributed by atoms with E-state index in [0.29, 0.717) is 13.1 Å². The molecular weight excluding hydrogens is 253 g/mol. The van der Waals surface area contributed by atoms with E-state index in [1.165, 1.54) is 10.9 Å². The number of hydrogen-bond acceptors (Lipinski definition) is 6. The fourth-order valence-electron chi connectivity index (χ4n) is 1.25. The van der Waals surface area contributed by atoms with Crippen LogP contribution in [0.3, 0.4) is 0 Å². The van der Waals surface area contributed by atoms with E-state index < -0.39 is 18.4 Å². The van der Waals surface area contributed by atoms with Gasteiger partial charge in [-0.2, -0.15) is 18.2 Å². The van der Waals surface area contributed by atoms with Gasteiger partial charge >= 0.3 is 6.18 Å². The molecule has 0 atom stereocenters. The number of nitrogens with two attached hydrogens (primary N) is 1. The summed E-state index contributed by atoms with van der Waals surface area (Å²) in [5.41, 5.74) is 5.53. The molecule has 10 heteroatoms. The lowest BCUT2D eigenvalue weighted by molar-refractivity contribution is -0.128. The van der Waals surface area contributed by atoms with E-state index in [1.54, 1.807) is 0 Å². The summed E-state index contributed by atoms with van der Waals surface area (Å²) in [6, 6.07) is 0. The molecule has 7 nitrogen and oxygen atoms in total. The van der Waals surface area contributed by atoms with Gasteiger partial charge < -0.3 is 10.3 Å². The zero-order chi connectivity index (χ0) is 13.2. The molecule has 18 heavy (non-hydrogen) atoms. The van der Waals surface area contributed by atoms with Crippen LogP contribution in [0.25, 0.3) is 11.6 Å². The van der Waals surface area contributed by atoms with Gasteiger partial charge in [0, 0.05) is 6.54 Å². The molecule has 0 fully saturated rings. The molecule has 2 aromatic rings. The molecule has 0 bridgehead atoms. The maximum Gasteiger partial charge on any atom is 0.396 e. The minimum atomic E-state index is -4.38. The fourth-order valence-corrected chi connectivity index (χ4v) is 1.25. The van der Waals surface area contributed by atoms with Gasteiger partial charge in [0.25, 0.3) is 5.89 Å². The van der Waals surface area contributed by atoms with Crippen LogP contribution in [-0.2, 0) is 13.0 Å². The molecule has 0 unspecified atom stereocenters. The van der Waals surface area contributed by atoms with E-state index in [9.17, 15) is 13.2 Å². The largest absolute Gasteiger partial charge is 0.396 e. The third-order valence-corrected chi connectivity index (χ3v) is 1.94. The first-order valence-corrected chi connectivity index (χ1v) is 4.98. The molecule has 2 heterocycles. The Morgan fingerprint density at radius 3 is 2.83 bits per heavy atom. The topological polar surface area (TPSA) is 95.7 Å². The summed E-state index contributed by atoms with van der Waals surface area (Å²) in [7, 11) is 0. The Hall–Kier alpha value is -1.97. The van der Waals surface area contributed by atoms with Crippen LogP contribution in [0.5, 0.6) is 0 Å². The van der Waals surface area contributed by atoms with E-state index in [4.69, 9.17) is 5.73 Å². The maximum absolute atomic E-state index is 12.1. The molecule has 0 amide bonds. The SMILES string of the molecule is NCCn1cc(-c2nc(CC(F)(F)F)no2)nn1. The van der Waals surface area contributed by atoms with Crippen LogP contribution in [0.2, 0.25) is 0 Å². The Labute approximate surface area is 98.8 Å². The highest BCUT2D eigenvalue weighted by molar-refractivity contribution is 5.43. The van der Waals surface area contributed by atoms with Gasteiger partial charge in [0.15, 0.2) is 11.5 Å². The zero-order valence-corrected chi connectivity index (χ0v) is 9.05. The third kappa shape index (κ3) is 3.03. The van der Waals surface area contributed by atoms with Gasteiger partial charge in [0.1, 0.15) is 6.42 Å². The second kappa shape index (κ2) is 4.72. The van der Waals surface area contributed by atoms with Crippen LogP contribution in [0.15, 0.2) is 10.7 Å². The smallest absolute Gasteiger partial charge is 0.332 e. The van der Waals surface area contributed by atoms with Crippen molar-refractivity contribution in [3.05, 3.63) is 12.0 Å². The number of hydrogen-bond donors (Lipinski definition) is 1. The Bertz CT molecular complexity index is 519. The average Bonchev–Trinajstić information content (AvgIpc) is 2.85. The predicted molar refractivity (Wildman–Crippen MR) is 52.1 cm³/mol. The summed E-state index contributed by atoms with van der Waals surface area (Å²) in [6.45, 7) is 0.808. The molecule has 0 aliphatic carbocycles. The van der Waals surface area contributed by atoms with Crippen molar-refractivity contribution in [2.45, 2.75) is 19.1 Å². The second-order valence-corrected chi connectivity index (χ2v) is 3.46. The molecule has 2 N–H and O–H groups in total. The molecule has 2 aromatic heterocycles. The van der Waals surface area contributed by atoms with Crippen molar-refractivity contribution in [1.29, 1.82) is 0 Å². The second-order valence-electron chi connectivity index (χ2n) is 3.46. The van der Waals surface area contributed by atoms with Gasteiger partial charge in [-0.05, 0) is 0 Å². The summed E-state index contributed by atoms with van der Waals surface area (Å²) in [5.74, 6) is -0.539. The molecule has 98 valence electrons. The van der Waals surface area contributed by atoms with Gasteiger partial charge in [-0.25, -0.2) is 0 Å². The number of aromatic nitrogens is 5. The monoisotopic (exact) mass is 262 g/mol. The molecule has 2 rings (SSSR count). The van der Waals surface area contributed by atoms with Crippen molar-refractivity contribution in [1.82, 2.24) is 25.1 Å². The van der Waals surface area contributed by atoms with Gasteiger partial charge in [0.2, 0.25) is 0 Å². The lowest BCUT2D eigenvalue weighted by Crippen LogP contribution is -2.12. The van der Waals surface area contributed by atoms with Gasteiger partial charge in [-0.3, -0.25) is 4.68 Å². The highest BCUT2D eigenvalue weighted by atomic mass is 19.4. The number of halogens is 3. The highest BCUT2D eigenvalue weighted by Crippen LogP contribution is 2.21. The van der Waals surface area contributed by atoms with Gasteiger partial charge in [-0.15, -0.1) is 5.10 Å². The van der Waals surface area contributed by atoms with Crippen molar-refractivity contribution in [3.8, 4) is 11.6 Å². The molecule has 0 spiro atoms. The zero-order valence-electron chi connectivity index (χ0n) is 9.05. The Morgan fingerprint density at radius 2 is 2.17 bits per heavy atom. The minimum Gasteiger partial charge on any atom is -0.332 e. The predicted octanol–water partition coefficient (Wildman–Crippen LogP) is 0.392. The number of rotatable bonds is 4. The lowest BCUT2D eigenvalue weighted by atomic mass is 10.4. The van der Waals surface area contributed by atoms with E-state index in [-0.39, 0.29) is 11.6 Å². The summed E-state index contributed by atoms with van der Waals surface area (Å²) < 4.78 is 42.4. The van der Waals surface area contributed by atoms with Gasteiger partial charge in [0.05, 0.1) is 12.7 Å². The van der Waals surface area contributed by atoms with Crippen LogP contribution >= 0.6 is 0 Å². The van der Waals surface area contributed by atoms with Crippen LogP contribution in [0.4, 0.5) is 13.2 Å². The van der Waals surface area contributed by atoms with E-state index in [2.05, 4.69) is 25.0 Å². The van der Waals surface area contributed by atoms with Crippen molar-refractivity contribution < 1.29 is 17.7 Å². The van der Waals surface area contributed by atoms with E-state index >= 15 is 0 Å². The van der Waals surface area contributed by atoms with E-state index in [1.807, 2.05) is 0 Å². The summed E-state index contributed by atoms with van der Waals surface area (Å²) >= 11 is 0. The average molecular weight is 262 g/mol. The van der Waals surface area contributed by atoms with Crippen LogP contribution in [0, 0.1) is 0 Å². The molecule has 0 radical (unpaired) electrons. The molecule has 0 saturated carbocycles. The first kappa shape index (κ1) is 12.5. The summed E-state index contributed by atoms with van der Waals surface area (Å²) in [4.78, 5) is 3.59.